The lowest BCUT2D eigenvalue weighted by molar-refractivity contribution is 0.0293. The van der Waals surface area contributed by atoms with E-state index in [-0.39, 0.29) is 12.1 Å². The number of rotatable bonds is 3. The quantitative estimate of drug-likeness (QED) is 0.598. The Kier molecular flexibility index (Phi) is 5.31. The molecule has 3 aromatic heterocycles. The maximum Gasteiger partial charge on any atom is 0.410 e. The number of nitrogens with one attached hydrogen (secondary N) is 1. The van der Waals surface area contributed by atoms with E-state index in [1.165, 1.54) is 0 Å². The molecule has 9 heteroatoms. The number of thiophene rings is 1. The van der Waals surface area contributed by atoms with Crippen LogP contribution in [0, 0.1) is 0 Å². The Labute approximate surface area is 178 Å². The summed E-state index contributed by atoms with van der Waals surface area (Å²) in [7, 11) is 0. The summed E-state index contributed by atoms with van der Waals surface area (Å²) in [6.45, 7) is 6.84. The third-order valence-corrected chi connectivity index (χ3v) is 5.59. The molecule has 29 heavy (non-hydrogen) atoms. The highest BCUT2D eigenvalue weighted by atomic mass is 35.5. The molecule has 1 aliphatic heterocycles. The third-order valence-electron chi connectivity index (χ3n) is 4.47. The third kappa shape index (κ3) is 4.59. The van der Waals surface area contributed by atoms with E-state index in [0.29, 0.717) is 24.1 Å². The second-order valence-corrected chi connectivity index (χ2v) is 9.26. The lowest BCUT2D eigenvalue weighted by Gasteiger charge is -2.24. The first kappa shape index (κ1) is 19.8. The molecule has 1 saturated heterocycles. The number of ether oxygens (including phenoxy) is 1. The molecule has 3 aromatic rings. The van der Waals surface area contributed by atoms with E-state index in [2.05, 4.69) is 15.3 Å². The Bertz CT molecular complexity index is 1050. The van der Waals surface area contributed by atoms with Crippen molar-refractivity contribution < 1.29 is 9.53 Å². The number of carbonyl (C=O) groups excluding carboxylic acids is 1. The zero-order chi connectivity index (χ0) is 20.6. The largest absolute Gasteiger partial charge is 0.444 e. The highest BCUT2D eigenvalue weighted by Gasteiger charge is 2.30. The van der Waals surface area contributed by atoms with E-state index in [9.17, 15) is 4.79 Å². The van der Waals surface area contributed by atoms with Gasteiger partial charge in [0.2, 0.25) is 0 Å². The Balaban J connectivity index is 1.55. The van der Waals surface area contributed by atoms with Gasteiger partial charge in [0, 0.05) is 30.9 Å². The Morgan fingerprint density at radius 1 is 1.34 bits per heavy atom. The van der Waals surface area contributed by atoms with Crippen LogP contribution in [0.3, 0.4) is 0 Å². The van der Waals surface area contributed by atoms with Crippen LogP contribution in [-0.2, 0) is 4.74 Å². The van der Waals surface area contributed by atoms with E-state index in [1.54, 1.807) is 28.5 Å². The number of hydrogen-bond acceptors (Lipinski definition) is 7. The van der Waals surface area contributed by atoms with Gasteiger partial charge in [-0.25, -0.2) is 19.7 Å². The highest BCUT2D eigenvalue weighted by Crippen LogP contribution is 2.31. The van der Waals surface area contributed by atoms with E-state index < -0.39 is 5.60 Å². The summed E-state index contributed by atoms with van der Waals surface area (Å²) in [5.74, 6) is 1.36. The molecule has 0 bridgehead atoms. The van der Waals surface area contributed by atoms with Gasteiger partial charge in [0.1, 0.15) is 16.6 Å². The van der Waals surface area contributed by atoms with Gasteiger partial charge >= 0.3 is 6.09 Å². The number of pyridine rings is 1. The average Bonchev–Trinajstić information content (AvgIpc) is 3.29. The van der Waals surface area contributed by atoms with Gasteiger partial charge in [0.25, 0.3) is 0 Å². The van der Waals surface area contributed by atoms with Crippen LogP contribution in [0.4, 0.5) is 10.6 Å². The van der Waals surface area contributed by atoms with Crippen molar-refractivity contribution in [3.8, 4) is 11.4 Å². The fourth-order valence-corrected chi connectivity index (χ4v) is 4.15. The highest BCUT2D eigenvalue weighted by molar-refractivity contribution is 7.17. The van der Waals surface area contributed by atoms with Crippen LogP contribution in [0.25, 0.3) is 21.6 Å². The van der Waals surface area contributed by atoms with Crippen molar-refractivity contribution in [1.29, 1.82) is 0 Å². The fraction of sp³-hybridized carbons (Fsp3) is 0.400. The molecule has 7 nitrogen and oxygen atoms in total. The topological polar surface area (TPSA) is 80.2 Å². The predicted octanol–water partition coefficient (Wildman–Crippen LogP) is 4.83. The van der Waals surface area contributed by atoms with Crippen molar-refractivity contribution in [1.82, 2.24) is 19.9 Å². The number of carbonyl (C=O) groups is 1. The van der Waals surface area contributed by atoms with Gasteiger partial charge in [-0.05, 0) is 50.8 Å². The van der Waals surface area contributed by atoms with Crippen molar-refractivity contribution in [2.45, 2.75) is 38.8 Å². The molecule has 4 rings (SSSR count). The molecule has 1 aliphatic rings. The molecular weight excluding hydrogens is 410 g/mol. The van der Waals surface area contributed by atoms with Crippen LogP contribution < -0.4 is 5.32 Å². The van der Waals surface area contributed by atoms with Gasteiger partial charge in [-0.3, -0.25) is 0 Å². The van der Waals surface area contributed by atoms with Gasteiger partial charge in [-0.1, -0.05) is 11.6 Å². The van der Waals surface area contributed by atoms with Gasteiger partial charge in [-0.15, -0.1) is 11.3 Å². The second-order valence-electron chi connectivity index (χ2n) is 7.95. The van der Waals surface area contributed by atoms with E-state index in [0.717, 1.165) is 28.0 Å². The zero-order valence-electron chi connectivity index (χ0n) is 16.5. The van der Waals surface area contributed by atoms with Gasteiger partial charge < -0.3 is 15.0 Å². The number of aromatic nitrogens is 3. The number of halogens is 1. The summed E-state index contributed by atoms with van der Waals surface area (Å²) in [5, 5.41) is 5.90. The van der Waals surface area contributed by atoms with Crippen LogP contribution >= 0.6 is 22.9 Å². The van der Waals surface area contributed by atoms with Crippen LogP contribution in [0.2, 0.25) is 5.15 Å². The molecule has 0 radical (unpaired) electrons. The number of amides is 1. The first-order chi connectivity index (χ1) is 13.8. The van der Waals surface area contributed by atoms with Gasteiger partial charge in [-0.2, -0.15) is 0 Å². The molecule has 0 saturated carbocycles. The summed E-state index contributed by atoms with van der Waals surface area (Å²) < 4.78 is 6.47. The minimum atomic E-state index is -0.501. The minimum absolute atomic E-state index is 0.0941. The SMILES string of the molecule is CC(C)(C)OC(=O)N1CC[C@@H](Nc2nc(-c3ccnc(Cl)c3)nc3ccsc23)C1. The molecule has 1 amide bonds. The summed E-state index contributed by atoms with van der Waals surface area (Å²) in [6, 6.07) is 5.65. The molecule has 152 valence electrons. The number of likely N-dealkylation sites (tertiary alicyclic amines) is 1. The normalized spacial score (nSPS) is 17.0. The molecule has 0 unspecified atom stereocenters. The van der Waals surface area contributed by atoms with Crippen LogP contribution in [0.5, 0.6) is 0 Å². The van der Waals surface area contributed by atoms with Crippen molar-refractivity contribution in [3.05, 3.63) is 34.9 Å². The van der Waals surface area contributed by atoms with E-state index in [4.69, 9.17) is 21.3 Å². The van der Waals surface area contributed by atoms with E-state index in [1.807, 2.05) is 38.3 Å². The number of fused-ring (bicyclic) bond motifs is 1. The van der Waals surface area contributed by atoms with Crippen molar-refractivity contribution in [3.63, 3.8) is 0 Å². The first-order valence-corrected chi connectivity index (χ1v) is 10.7. The Morgan fingerprint density at radius 3 is 2.93 bits per heavy atom. The number of anilines is 1. The lowest BCUT2D eigenvalue weighted by atomic mass is 10.2. The molecule has 1 fully saturated rings. The number of nitrogens with zero attached hydrogens (tertiary/aromatic N) is 4. The molecule has 0 aromatic carbocycles. The maximum atomic E-state index is 12.3. The average molecular weight is 432 g/mol. The lowest BCUT2D eigenvalue weighted by Crippen LogP contribution is -2.36. The monoisotopic (exact) mass is 431 g/mol. The summed E-state index contributed by atoms with van der Waals surface area (Å²) >= 11 is 7.62. The molecule has 1 atom stereocenters. The molecule has 0 spiro atoms. The molecular formula is C20H22ClN5O2S. The predicted molar refractivity (Wildman–Crippen MR) is 115 cm³/mol. The molecule has 1 N–H and O–H groups in total. The molecule has 0 aliphatic carbocycles. The van der Waals surface area contributed by atoms with Crippen molar-refractivity contribution in [2.24, 2.45) is 0 Å². The van der Waals surface area contributed by atoms with Gasteiger partial charge in [0.15, 0.2) is 5.82 Å². The summed E-state index contributed by atoms with van der Waals surface area (Å²) in [5.41, 5.74) is 1.18. The minimum Gasteiger partial charge on any atom is -0.444 e. The van der Waals surface area contributed by atoms with E-state index >= 15 is 0 Å². The standard InChI is InChI=1S/C20H22ClN5O2S/c1-20(2,3)28-19(27)26-8-5-13(11-26)23-18-16-14(6-9-29-16)24-17(25-18)12-4-7-22-15(21)10-12/h4,6-7,9-10,13H,5,8,11H2,1-3H3,(H,23,24,25)/t13-/m1/s1. The fourth-order valence-electron chi connectivity index (χ4n) is 3.20. The maximum absolute atomic E-state index is 12.3. The Hall–Kier alpha value is -2.45. The van der Waals surface area contributed by atoms with Crippen molar-refractivity contribution >= 4 is 45.1 Å². The van der Waals surface area contributed by atoms with Crippen LogP contribution in [0.15, 0.2) is 29.8 Å². The number of hydrogen-bond donors (Lipinski definition) is 1. The van der Waals surface area contributed by atoms with Crippen LogP contribution in [-0.4, -0.2) is 50.7 Å². The van der Waals surface area contributed by atoms with Crippen molar-refractivity contribution in [2.75, 3.05) is 18.4 Å². The summed E-state index contributed by atoms with van der Waals surface area (Å²) in [6.07, 6.45) is 2.19. The summed E-state index contributed by atoms with van der Waals surface area (Å²) in [4.78, 5) is 27.5. The molecule has 4 heterocycles. The smallest absolute Gasteiger partial charge is 0.410 e. The Morgan fingerprint density at radius 2 is 2.17 bits per heavy atom. The van der Waals surface area contributed by atoms with Gasteiger partial charge in [0.05, 0.1) is 10.2 Å². The van der Waals surface area contributed by atoms with Crippen LogP contribution in [0.1, 0.15) is 27.2 Å². The first-order valence-electron chi connectivity index (χ1n) is 9.40. The second kappa shape index (κ2) is 7.76. The zero-order valence-corrected chi connectivity index (χ0v) is 18.0.